The second-order valence-electron chi connectivity index (χ2n) is 10.1. The number of hydrogen-bond donors (Lipinski definition) is 2. The van der Waals surface area contributed by atoms with Gasteiger partial charge >= 0.3 is 6.09 Å². The van der Waals surface area contributed by atoms with Crippen LogP contribution in [0.3, 0.4) is 0 Å². The number of aromatic nitrogens is 4. The predicted molar refractivity (Wildman–Crippen MR) is 134 cm³/mol. The van der Waals surface area contributed by atoms with Crippen LogP contribution in [0.5, 0.6) is 0 Å². The van der Waals surface area contributed by atoms with Crippen LogP contribution in [-0.4, -0.2) is 49.2 Å². The number of anilines is 2. The number of hydrogen-bond acceptors (Lipinski definition) is 8. The van der Waals surface area contributed by atoms with E-state index in [-0.39, 0.29) is 24.0 Å². The molecule has 0 aliphatic carbocycles. The topological polar surface area (TPSA) is 135 Å². The van der Waals surface area contributed by atoms with Crippen LogP contribution in [0.1, 0.15) is 68.6 Å². The number of carbonyl (C=O) groups is 1. The zero-order valence-electron chi connectivity index (χ0n) is 21.1. The van der Waals surface area contributed by atoms with Crippen molar-refractivity contribution in [3.8, 4) is 6.07 Å². The molecule has 10 heteroatoms. The first-order valence-corrected chi connectivity index (χ1v) is 11.7. The monoisotopic (exact) mass is 476 g/mol. The molecule has 3 aromatic heterocycles. The fourth-order valence-electron chi connectivity index (χ4n) is 4.50. The number of pyridine rings is 1. The third-order valence-electron chi connectivity index (χ3n) is 6.19. The van der Waals surface area contributed by atoms with Crippen LogP contribution < -0.4 is 11.1 Å². The van der Waals surface area contributed by atoms with E-state index in [1.165, 1.54) is 0 Å². The molecule has 10 nitrogen and oxygen atoms in total. The van der Waals surface area contributed by atoms with E-state index in [4.69, 9.17) is 15.5 Å². The van der Waals surface area contributed by atoms with E-state index in [0.717, 1.165) is 28.7 Å². The molecule has 1 amide bonds. The van der Waals surface area contributed by atoms with Gasteiger partial charge in [0.2, 0.25) is 5.95 Å². The number of aryl methyl sites for hydroxylation is 2. The molecule has 1 aliphatic heterocycles. The third kappa shape index (κ3) is 4.99. The Hall–Kier alpha value is -3.87. The standard InChI is InChI=1S/C25H32N8O2/c1-14-18(12-26)22(31-23(27)29-14)28-15(2)21-17(11-20-19(30-21)8-9-32(20)6)16-7-10-33(13-16)24(34)35-25(3,4)5/h8-9,11,15-16H,7,10,13H2,1-6H3,(H3,27,28,29,31). The molecule has 4 rings (SSSR count). The molecule has 0 radical (unpaired) electrons. The summed E-state index contributed by atoms with van der Waals surface area (Å²) in [5.74, 6) is 0.584. The van der Waals surface area contributed by atoms with Gasteiger partial charge in [-0.2, -0.15) is 10.2 Å². The van der Waals surface area contributed by atoms with Gasteiger partial charge in [0.15, 0.2) is 0 Å². The van der Waals surface area contributed by atoms with Gasteiger partial charge in [0.25, 0.3) is 0 Å². The highest BCUT2D eigenvalue weighted by molar-refractivity contribution is 5.77. The largest absolute Gasteiger partial charge is 0.444 e. The van der Waals surface area contributed by atoms with Gasteiger partial charge < -0.3 is 25.3 Å². The highest BCUT2D eigenvalue weighted by Gasteiger charge is 2.33. The smallest absolute Gasteiger partial charge is 0.410 e. The highest BCUT2D eigenvalue weighted by Crippen LogP contribution is 2.35. The minimum atomic E-state index is -0.543. The van der Waals surface area contributed by atoms with Crippen molar-refractivity contribution in [2.45, 2.75) is 58.6 Å². The average Bonchev–Trinajstić information content (AvgIpc) is 3.39. The van der Waals surface area contributed by atoms with E-state index >= 15 is 0 Å². The average molecular weight is 477 g/mol. The lowest BCUT2D eigenvalue weighted by molar-refractivity contribution is 0.0292. The van der Waals surface area contributed by atoms with E-state index in [1.807, 2.05) is 51.6 Å². The molecule has 35 heavy (non-hydrogen) atoms. The lowest BCUT2D eigenvalue weighted by Crippen LogP contribution is -2.35. The molecule has 2 atom stereocenters. The highest BCUT2D eigenvalue weighted by atomic mass is 16.6. The zero-order chi connectivity index (χ0) is 25.5. The van der Waals surface area contributed by atoms with Gasteiger partial charge in [-0.1, -0.05) is 0 Å². The summed E-state index contributed by atoms with van der Waals surface area (Å²) >= 11 is 0. The van der Waals surface area contributed by atoms with Gasteiger partial charge in [0.1, 0.15) is 23.1 Å². The SMILES string of the molecule is Cc1nc(N)nc(NC(C)c2nc3ccn(C)c3cc2C2CCN(C(=O)OC(C)(C)C)C2)c1C#N. The van der Waals surface area contributed by atoms with Crippen molar-refractivity contribution in [2.75, 3.05) is 24.1 Å². The molecule has 0 saturated carbocycles. The summed E-state index contributed by atoms with van der Waals surface area (Å²) in [7, 11) is 1.99. The Balaban J connectivity index is 1.69. The van der Waals surface area contributed by atoms with E-state index in [1.54, 1.807) is 11.8 Å². The van der Waals surface area contributed by atoms with Crippen molar-refractivity contribution in [3.05, 3.63) is 40.8 Å². The summed E-state index contributed by atoms with van der Waals surface area (Å²) in [4.78, 5) is 27.8. The van der Waals surface area contributed by atoms with Gasteiger partial charge in [-0.05, 0) is 58.7 Å². The Labute approximate surface area is 205 Å². The fraction of sp³-hybridized carbons (Fsp3) is 0.480. The molecular formula is C25H32N8O2. The van der Waals surface area contributed by atoms with Crippen LogP contribution in [0.4, 0.5) is 16.6 Å². The van der Waals surface area contributed by atoms with Gasteiger partial charge in [-0.25, -0.2) is 14.8 Å². The first-order chi connectivity index (χ1) is 16.5. The molecular weight excluding hydrogens is 444 g/mol. The van der Waals surface area contributed by atoms with Crippen molar-refractivity contribution in [1.29, 1.82) is 5.26 Å². The normalized spacial score (nSPS) is 16.8. The molecule has 0 bridgehead atoms. The van der Waals surface area contributed by atoms with Gasteiger partial charge in [-0.15, -0.1) is 0 Å². The van der Waals surface area contributed by atoms with Gasteiger partial charge in [0, 0.05) is 32.3 Å². The minimum Gasteiger partial charge on any atom is -0.444 e. The Morgan fingerprint density at radius 2 is 2.09 bits per heavy atom. The van der Waals surface area contributed by atoms with Crippen molar-refractivity contribution in [2.24, 2.45) is 7.05 Å². The zero-order valence-corrected chi connectivity index (χ0v) is 21.1. The quantitative estimate of drug-likeness (QED) is 0.576. The van der Waals surface area contributed by atoms with Gasteiger partial charge in [-0.3, -0.25) is 0 Å². The molecule has 3 N–H and O–H groups in total. The molecule has 0 aromatic carbocycles. The number of nitriles is 1. The van der Waals surface area contributed by atoms with Crippen LogP contribution >= 0.6 is 0 Å². The van der Waals surface area contributed by atoms with Crippen molar-refractivity contribution < 1.29 is 9.53 Å². The molecule has 1 saturated heterocycles. The number of nitrogens with two attached hydrogens (primary N) is 1. The second-order valence-corrected chi connectivity index (χ2v) is 10.1. The molecule has 4 heterocycles. The van der Waals surface area contributed by atoms with Crippen molar-refractivity contribution in [3.63, 3.8) is 0 Å². The van der Waals surface area contributed by atoms with E-state index in [0.29, 0.717) is 30.2 Å². The molecule has 2 unspecified atom stereocenters. The maximum atomic E-state index is 12.7. The number of ether oxygens (including phenoxy) is 1. The summed E-state index contributed by atoms with van der Waals surface area (Å²) < 4.78 is 7.62. The number of nitrogen functional groups attached to an aromatic ring is 1. The van der Waals surface area contributed by atoms with Crippen LogP contribution in [0, 0.1) is 18.3 Å². The van der Waals surface area contributed by atoms with Crippen LogP contribution in [0.25, 0.3) is 11.0 Å². The Morgan fingerprint density at radius 3 is 2.77 bits per heavy atom. The Morgan fingerprint density at radius 1 is 1.34 bits per heavy atom. The Kier molecular flexibility index (Phi) is 6.28. The lowest BCUT2D eigenvalue weighted by Gasteiger charge is -2.25. The van der Waals surface area contributed by atoms with Crippen LogP contribution in [0.2, 0.25) is 0 Å². The number of rotatable bonds is 4. The van der Waals surface area contributed by atoms with Crippen LogP contribution in [-0.2, 0) is 11.8 Å². The maximum Gasteiger partial charge on any atom is 0.410 e. The number of nitrogens with one attached hydrogen (secondary N) is 1. The Bertz CT molecular complexity index is 1320. The number of likely N-dealkylation sites (tertiary alicyclic amines) is 1. The number of amides is 1. The second kappa shape index (κ2) is 9.06. The predicted octanol–water partition coefficient (Wildman–Crippen LogP) is 4.02. The van der Waals surface area contributed by atoms with E-state index in [9.17, 15) is 10.1 Å². The first kappa shape index (κ1) is 24.3. The summed E-state index contributed by atoms with van der Waals surface area (Å²) in [5, 5.41) is 13.0. The summed E-state index contributed by atoms with van der Waals surface area (Å²) in [6, 6.07) is 6.02. The van der Waals surface area contributed by atoms with E-state index in [2.05, 4.69) is 27.4 Å². The fourth-order valence-corrected chi connectivity index (χ4v) is 4.50. The van der Waals surface area contributed by atoms with Crippen molar-refractivity contribution in [1.82, 2.24) is 24.4 Å². The molecule has 0 spiro atoms. The number of fused-ring (bicyclic) bond motifs is 1. The number of nitrogens with zero attached hydrogens (tertiary/aromatic N) is 6. The molecule has 184 valence electrons. The molecule has 1 aliphatic rings. The minimum absolute atomic E-state index is 0.0983. The summed E-state index contributed by atoms with van der Waals surface area (Å²) in [6.45, 7) is 10.5. The lowest BCUT2D eigenvalue weighted by atomic mass is 9.93. The maximum absolute atomic E-state index is 12.7. The summed E-state index contributed by atoms with van der Waals surface area (Å²) in [6.07, 6.45) is 2.48. The first-order valence-electron chi connectivity index (χ1n) is 11.7. The van der Waals surface area contributed by atoms with E-state index < -0.39 is 5.60 Å². The number of carbonyl (C=O) groups excluding carboxylic acids is 1. The summed E-state index contributed by atoms with van der Waals surface area (Å²) in [5.41, 5.74) is 9.98. The third-order valence-corrected chi connectivity index (χ3v) is 6.19. The van der Waals surface area contributed by atoms with Crippen molar-refractivity contribution >= 4 is 28.9 Å². The molecule has 1 fully saturated rings. The van der Waals surface area contributed by atoms with Crippen LogP contribution in [0.15, 0.2) is 18.3 Å². The van der Waals surface area contributed by atoms with Gasteiger partial charge in [0.05, 0.1) is 28.5 Å². The molecule has 3 aromatic rings.